The average Bonchev–Trinajstić information content (AvgIpc) is 2.36. The van der Waals surface area contributed by atoms with Crippen molar-refractivity contribution in [2.75, 3.05) is 0 Å². The van der Waals surface area contributed by atoms with Gasteiger partial charge in [0.25, 0.3) is 0 Å². The molecule has 0 heterocycles. The van der Waals surface area contributed by atoms with Crippen molar-refractivity contribution < 1.29 is 5.11 Å². The van der Waals surface area contributed by atoms with Gasteiger partial charge in [-0.1, -0.05) is 45.4 Å². The van der Waals surface area contributed by atoms with Crippen LogP contribution in [0.25, 0.3) is 0 Å². The normalized spacial score (nSPS) is 38.4. The first-order valence-corrected chi connectivity index (χ1v) is 8.66. The molecule has 0 aliphatic heterocycles. The molecular formula is C20H34O. The molecule has 1 nitrogen and oxygen atoms in total. The highest BCUT2D eigenvalue weighted by Crippen LogP contribution is 2.61. The van der Waals surface area contributed by atoms with Crippen LogP contribution < -0.4 is 0 Å². The molecule has 2 fully saturated rings. The number of rotatable bonds is 4. The minimum Gasteiger partial charge on any atom is -0.386 e. The molecule has 4 atom stereocenters. The molecular weight excluding hydrogens is 256 g/mol. The number of hydrogen-bond acceptors (Lipinski definition) is 1. The maximum atomic E-state index is 10.3. The monoisotopic (exact) mass is 290 g/mol. The molecule has 0 bridgehead atoms. The molecule has 1 N–H and O–H groups in total. The van der Waals surface area contributed by atoms with Crippen molar-refractivity contribution in [2.45, 2.75) is 78.2 Å². The van der Waals surface area contributed by atoms with E-state index in [0.29, 0.717) is 16.7 Å². The van der Waals surface area contributed by atoms with Crippen LogP contribution in [0.3, 0.4) is 0 Å². The Kier molecular flexibility index (Phi) is 4.46. The third-order valence-electron chi connectivity index (χ3n) is 6.70. The Bertz CT molecular complexity index is 418. The van der Waals surface area contributed by atoms with Crippen molar-refractivity contribution in [3.8, 4) is 0 Å². The third-order valence-corrected chi connectivity index (χ3v) is 6.70. The van der Waals surface area contributed by atoms with E-state index in [9.17, 15) is 5.11 Å². The predicted octanol–water partition coefficient (Wildman–Crippen LogP) is 5.50. The fraction of sp³-hybridized carbons (Fsp3) is 0.800. The molecule has 2 aliphatic carbocycles. The first-order valence-electron chi connectivity index (χ1n) is 8.66. The first-order chi connectivity index (χ1) is 9.62. The van der Waals surface area contributed by atoms with Crippen LogP contribution in [-0.2, 0) is 0 Å². The van der Waals surface area contributed by atoms with E-state index >= 15 is 0 Å². The van der Waals surface area contributed by atoms with Gasteiger partial charge in [0.1, 0.15) is 0 Å². The van der Waals surface area contributed by atoms with E-state index in [4.69, 9.17) is 0 Å². The summed E-state index contributed by atoms with van der Waals surface area (Å²) in [6.07, 6.45) is 10.0. The molecule has 1 heteroatoms. The molecule has 0 radical (unpaired) electrons. The van der Waals surface area contributed by atoms with Gasteiger partial charge in [0.05, 0.1) is 5.60 Å². The van der Waals surface area contributed by atoms with Gasteiger partial charge >= 0.3 is 0 Å². The van der Waals surface area contributed by atoms with Crippen LogP contribution in [0.1, 0.15) is 72.6 Å². The Balaban J connectivity index is 2.21. The van der Waals surface area contributed by atoms with Crippen LogP contribution >= 0.6 is 0 Å². The van der Waals surface area contributed by atoms with Crippen LogP contribution in [-0.4, -0.2) is 10.7 Å². The largest absolute Gasteiger partial charge is 0.386 e. The van der Waals surface area contributed by atoms with Crippen LogP contribution in [0.15, 0.2) is 24.8 Å². The maximum absolute atomic E-state index is 10.3. The van der Waals surface area contributed by atoms with Crippen molar-refractivity contribution in [1.29, 1.82) is 0 Å². The molecule has 0 amide bonds. The summed E-state index contributed by atoms with van der Waals surface area (Å²) in [7, 11) is 0. The zero-order chi connectivity index (χ0) is 15.9. The molecule has 2 aliphatic rings. The summed E-state index contributed by atoms with van der Waals surface area (Å²) in [5, 5.41) is 10.3. The van der Waals surface area contributed by atoms with Gasteiger partial charge in [-0.2, -0.15) is 0 Å². The minimum absolute atomic E-state index is 0.369. The van der Waals surface area contributed by atoms with E-state index in [1.54, 1.807) is 6.08 Å². The van der Waals surface area contributed by atoms with Crippen molar-refractivity contribution in [2.24, 2.45) is 22.7 Å². The smallest absolute Gasteiger partial charge is 0.0797 e. The number of allylic oxidation sites excluding steroid dienone is 1. The Morgan fingerprint density at radius 1 is 1.33 bits per heavy atom. The summed E-state index contributed by atoms with van der Waals surface area (Å²) in [5.41, 5.74) is 1.50. The molecule has 0 spiro atoms. The summed E-state index contributed by atoms with van der Waals surface area (Å²) >= 11 is 0. The van der Waals surface area contributed by atoms with Crippen LogP contribution in [0.5, 0.6) is 0 Å². The summed E-state index contributed by atoms with van der Waals surface area (Å²) in [6.45, 7) is 17.4. The Morgan fingerprint density at radius 3 is 2.62 bits per heavy atom. The summed E-state index contributed by atoms with van der Waals surface area (Å²) in [4.78, 5) is 0. The van der Waals surface area contributed by atoms with Gasteiger partial charge < -0.3 is 5.11 Å². The highest BCUT2D eigenvalue weighted by molar-refractivity contribution is 5.16. The fourth-order valence-electron chi connectivity index (χ4n) is 5.35. The predicted molar refractivity (Wildman–Crippen MR) is 91.1 cm³/mol. The van der Waals surface area contributed by atoms with Gasteiger partial charge in [-0.25, -0.2) is 0 Å². The van der Waals surface area contributed by atoms with Crippen molar-refractivity contribution in [3.05, 3.63) is 24.8 Å². The van der Waals surface area contributed by atoms with E-state index in [1.165, 1.54) is 37.7 Å². The zero-order valence-electron chi connectivity index (χ0n) is 14.5. The van der Waals surface area contributed by atoms with Gasteiger partial charge in [0.15, 0.2) is 0 Å². The fourth-order valence-corrected chi connectivity index (χ4v) is 5.35. The molecule has 2 rings (SSSR count). The maximum Gasteiger partial charge on any atom is 0.0797 e. The van der Waals surface area contributed by atoms with Gasteiger partial charge in [0.2, 0.25) is 0 Å². The molecule has 0 aromatic rings. The molecule has 0 aromatic carbocycles. The topological polar surface area (TPSA) is 20.2 Å². The van der Waals surface area contributed by atoms with Crippen LogP contribution in [0.2, 0.25) is 0 Å². The Labute approximate surface area is 131 Å². The third kappa shape index (κ3) is 3.13. The van der Waals surface area contributed by atoms with Crippen molar-refractivity contribution in [1.82, 2.24) is 0 Å². The van der Waals surface area contributed by atoms with Crippen molar-refractivity contribution >= 4 is 0 Å². The second-order valence-corrected chi connectivity index (χ2v) is 8.75. The summed E-state index contributed by atoms with van der Waals surface area (Å²) in [5.74, 6) is 1.35. The zero-order valence-corrected chi connectivity index (χ0v) is 14.5. The minimum atomic E-state index is -0.742. The van der Waals surface area contributed by atoms with Crippen LogP contribution in [0, 0.1) is 22.7 Å². The average molecular weight is 290 g/mol. The van der Waals surface area contributed by atoms with Gasteiger partial charge in [-0.3, -0.25) is 0 Å². The lowest BCUT2D eigenvalue weighted by Gasteiger charge is -2.58. The SMILES string of the molecule is C=CC(C)(O)CC[C@@H]1C(=C)CC[C@@H]2C(C)(C)CCCC12C. The second-order valence-electron chi connectivity index (χ2n) is 8.75. The lowest BCUT2D eigenvalue weighted by Crippen LogP contribution is -2.49. The Hall–Kier alpha value is -0.560. The van der Waals surface area contributed by atoms with E-state index in [1.807, 2.05) is 6.92 Å². The van der Waals surface area contributed by atoms with Gasteiger partial charge in [0, 0.05) is 0 Å². The Morgan fingerprint density at radius 2 is 2.00 bits per heavy atom. The lowest BCUT2D eigenvalue weighted by molar-refractivity contribution is -0.0583. The highest BCUT2D eigenvalue weighted by atomic mass is 16.3. The van der Waals surface area contributed by atoms with E-state index in [0.717, 1.165) is 18.8 Å². The molecule has 120 valence electrons. The van der Waals surface area contributed by atoms with E-state index in [-0.39, 0.29) is 0 Å². The lowest BCUT2D eigenvalue weighted by atomic mass is 9.47. The summed E-state index contributed by atoms with van der Waals surface area (Å²) in [6, 6.07) is 0. The highest BCUT2D eigenvalue weighted by Gasteiger charge is 2.52. The second kappa shape index (κ2) is 5.57. The number of hydrogen-bond donors (Lipinski definition) is 1. The summed E-state index contributed by atoms with van der Waals surface area (Å²) < 4.78 is 0. The van der Waals surface area contributed by atoms with Gasteiger partial charge in [-0.15, -0.1) is 6.58 Å². The molecule has 2 saturated carbocycles. The standard InChI is InChI=1S/C20H34O/c1-7-19(5,21)14-11-16-15(2)9-10-17-18(3,4)12-8-13-20(16,17)6/h7,16-17,21H,1-2,8-14H2,3-6H3/t16-,17-,19?,20?/m1/s1. The molecule has 0 aromatic heterocycles. The number of fused-ring (bicyclic) bond motifs is 1. The first kappa shape index (κ1) is 16.8. The van der Waals surface area contributed by atoms with Gasteiger partial charge in [-0.05, 0) is 68.1 Å². The van der Waals surface area contributed by atoms with Crippen molar-refractivity contribution in [3.63, 3.8) is 0 Å². The molecule has 2 unspecified atom stereocenters. The number of aliphatic hydroxyl groups is 1. The molecule has 21 heavy (non-hydrogen) atoms. The van der Waals surface area contributed by atoms with E-state index in [2.05, 4.69) is 33.9 Å². The quantitative estimate of drug-likeness (QED) is 0.678. The van der Waals surface area contributed by atoms with Crippen LogP contribution in [0.4, 0.5) is 0 Å². The molecule has 0 saturated heterocycles. The van der Waals surface area contributed by atoms with E-state index < -0.39 is 5.60 Å².